The van der Waals surface area contributed by atoms with E-state index in [1.807, 2.05) is 25.1 Å². The molecule has 1 heterocycles. The van der Waals surface area contributed by atoms with Crippen LogP contribution >= 0.6 is 0 Å². The normalized spacial score (nSPS) is 19.9. The van der Waals surface area contributed by atoms with E-state index in [-0.39, 0.29) is 18.5 Å². The van der Waals surface area contributed by atoms with Gasteiger partial charge in [-0.05, 0) is 18.6 Å². The third-order valence-corrected chi connectivity index (χ3v) is 3.19. The first-order chi connectivity index (χ1) is 8.63. The highest BCUT2D eigenvalue weighted by Crippen LogP contribution is 2.26. The van der Waals surface area contributed by atoms with Crippen molar-refractivity contribution in [1.82, 2.24) is 0 Å². The fourth-order valence-electron chi connectivity index (χ4n) is 2.33. The summed E-state index contributed by atoms with van der Waals surface area (Å²) >= 11 is 0. The second kappa shape index (κ2) is 5.37. The number of ether oxygens (including phenoxy) is 1. The zero-order chi connectivity index (χ0) is 13.1. The molecular formula is C13H19N3O2. The number of nitrogens with two attached hydrogens (primary N) is 1. The molecule has 1 atom stereocenters. The summed E-state index contributed by atoms with van der Waals surface area (Å²) in [7, 11) is 0. The van der Waals surface area contributed by atoms with Crippen LogP contribution in [0.1, 0.15) is 11.1 Å². The maximum Gasteiger partial charge on any atom is 0.124 e. The van der Waals surface area contributed by atoms with Gasteiger partial charge in [0, 0.05) is 18.7 Å². The van der Waals surface area contributed by atoms with Crippen molar-refractivity contribution in [1.29, 1.82) is 5.41 Å². The van der Waals surface area contributed by atoms with Crippen molar-refractivity contribution in [3.8, 4) is 0 Å². The van der Waals surface area contributed by atoms with Crippen LogP contribution in [0.5, 0.6) is 0 Å². The predicted octanol–water partition coefficient (Wildman–Crippen LogP) is 0.477. The van der Waals surface area contributed by atoms with E-state index < -0.39 is 0 Å². The lowest BCUT2D eigenvalue weighted by Gasteiger charge is -2.35. The molecule has 0 amide bonds. The lowest BCUT2D eigenvalue weighted by molar-refractivity contribution is 0.00353. The van der Waals surface area contributed by atoms with E-state index in [1.54, 1.807) is 0 Å². The summed E-state index contributed by atoms with van der Waals surface area (Å²) in [5, 5.41) is 16.8. The number of nitrogen functional groups attached to an aromatic ring is 1. The van der Waals surface area contributed by atoms with E-state index in [0.717, 1.165) is 23.4 Å². The Balaban J connectivity index is 2.34. The number of amidine groups is 1. The molecule has 2 rings (SSSR count). The number of para-hydroxylation sites is 1. The number of nitrogens with one attached hydrogen (secondary N) is 1. The summed E-state index contributed by atoms with van der Waals surface area (Å²) < 4.78 is 5.44. The summed E-state index contributed by atoms with van der Waals surface area (Å²) in [5.74, 6) is 0.0701. The largest absolute Gasteiger partial charge is 0.394 e. The average molecular weight is 249 g/mol. The molecule has 0 spiro atoms. The first kappa shape index (κ1) is 12.9. The summed E-state index contributed by atoms with van der Waals surface area (Å²) in [6.07, 6.45) is -0.168. The van der Waals surface area contributed by atoms with Crippen molar-refractivity contribution in [2.75, 3.05) is 31.2 Å². The molecule has 5 heteroatoms. The monoisotopic (exact) mass is 249 g/mol. The molecule has 1 aliphatic heterocycles. The Morgan fingerprint density at radius 2 is 2.39 bits per heavy atom. The van der Waals surface area contributed by atoms with E-state index in [0.29, 0.717) is 13.2 Å². The topological polar surface area (TPSA) is 82.6 Å². The van der Waals surface area contributed by atoms with Crippen LogP contribution < -0.4 is 10.6 Å². The van der Waals surface area contributed by atoms with Gasteiger partial charge in [-0.2, -0.15) is 0 Å². The lowest BCUT2D eigenvalue weighted by atomic mass is 10.0. The van der Waals surface area contributed by atoms with Gasteiger partial charge in [0.1, 0.15) is 5.84 Å². The molecule has 1 aromatic rings. The van der Waals surface area contributed by atoms with Crippen molar-refractivity contribution in [3.63, 3.8) is 0 Å². The second-order valence-electron chi connectivity index (χ2n) is 4.51. The molecule has 98 valence electrons. The third-order valence-electron chi connectivity index (χ3n) is 3.19. The SMILES string of the molecule is Cc1cccc(C(=N)N)c1N1CCOC(CO)C1. The Labute approximate surface area is 107 Å². The van der Waals surface area contributed by atoms with Gasteiger partial charge in [-0.3, -0.25) is 5.41 Å². The number of aliphatic hydroxyl groups excluding tert-OH is 1. The van der Waals surface area contributed by atoms with Crippen LogP contribution in [0.2, 0.25) is 0 Å². The Hall–Kier alpha value is -1.59. The van der Waals surface area contributed by atoms with Crippen LogP contribution in [0.15, 0.2) is 18.2 Å². The van der Waals surface area contributed by atoms with E-state index in [9.17, 15) is 5.11 Å². The predicted molar refractivity (Wildman–Crippen MR) is 71.2 cm³/mol. The highest BCUT2D eigenvalue weighted by molar-refractivity contribution is 6.01. The van der Waals surface area contributed by atoms with Crippen molar-refractivity contribution >= 4 is 11.5 Å². The maximum absolute atomic E-state index is 9.18. The number of hydrogen-bond donors (Lipinski definition) is 3. The Morgan fingerprint density at radius 1 is 1.61 bits per heavy atom. The summed E-state index contributed by atoms with van der Waals surface area (Å²) in [6, 6.07) is 5.76. The van der Waals surface area contributed by atoms with E-state index >= 15 is 0 Å². The van der Waals surface area contributed by atoms with Gasteiger partial charge in [0.15, 0.2) is 0 Å². The number of hydrogen-bond acceptors (Lipinski definition) is 4. The molecule has 0 radical (unpaired) electrons. The Morgan fingerprint density at radius 3 is 3.06 bits per heavy atom. The molecule has 4 N–H and O–H groups in total. The molecule has 0 aliphatic carbocycles. The van der Waals surface area contributed by atoms with Crippen LogP contribution in [0, 0.1) is 12.3 Å². The average Bonchev–Trinajstić information content (AvgIpc) is 2.38. The summed E-state index contributed by atoms with van der Waals surface area (Å²) in [5.41, 5.74) is 8.44. The van der Waals surface area contributed by atoms with Gasteiger partial charge in [-0.25, -0.2) is 0 Å². The van der Waals surface area contributed by atoms with Gasteiger partial charge >= 0.3 is 0 Å². The first-order valence-electron chi connectivity index (χ1n) is 6.05. The molecule has 0 bridgehead atoms. The highest BCUT2D eigenvalue weighted by Gasteiger charge is 2.23. The number of nitrogens with zero attached hydrogens (tertiary/aromatic N) is 1. The molecule has 18 heavy (non-hydrogen) atoms. The van der Waals surface area contributed by atoms with Crippen LogP contribution in [0.3, 0.4) is 0 Å². The number of aliphatic hydroxyl groups is 1. The van der Waals surface area contributed by atoms with Crippen LogP contribution in [0.4, 0.5) is 5.69 Å². The summed E-state index contributed by atoms with van der Waals surface area (Å²) in [4.78, 5) is 2.14. The fraction of sp³-hybridized carbons (Fsp3) is 0.462. The van der Waals surface area contributed by atoms with E-state index in [1.165, 1.54) is 0 Å². The zero-order valence-electron chi connectivity index (χ0n) is 10.5. The molecule has 1 aromatic carbocycles. The van der Waals surface area contributed by atoms with E-state index in [4.69, 9.17) is 15.9 Å². The fourth-order valence-corrected chi connectivity index (χ4v) is 2.33. The maximum atomic E-state index is 9.18. The zero-order valence-corrected chi connectivity index (χ0v) is 10.5. The van der Waals surface area contributed by atoms with Gasteiger partial charge in [-0.15, -0.1) is 0 Å². The molecule has 1 unspecified atom stereocenters. The van der Waals surface area contributed by atoms with Crippen molar-refractivity contribution in [2.45, 2.75) is 13.0 Å². The van der Waals surface area contributed by atoms with Gasteiger partial charge < -0.3 is 20.5 Å². The smallest absolute Gasteiger partial charge is 0.124 e. The summed E-state index contributed by atoms with van der Waals surface area (Å²) in [6.45, 7) is 3.98. The van der Waals surface area contributed by atoms with Crippen LogP contribution in [-0.2, 0) is 4.74 Å². The molecular weight excluding hydrogens is 230 g/mol. The lowest BCUT2D eigenvalue weighted by Crippen LogP contribution is -2.45. The second-order valence-corrected chi connectivity index (χ2v) is 4.51. The van der Waals surface area contributed by atoms with E-state index in [2.05, 4.69) is 4.90 Å². The van der Waals surface area contributed by atoms with Crippen LogP contribution in [0.25, 0.3) is 0 Å². The molecule has 5 nitrogen and oxygen atoms in total. The van der Waals surface area contributed by atoms with Gasteiger partial charge in [-0.1, -0.05) is 12.1 Å². The molecule has 0 aromatic heterocycles. The van der Waals surface area contributed by atoms with Crippen molar-refractivity contribution in [2.24, 2.45) is 5.73 Å². The Kier molecular flexibility index (Phi) is 3.84. The van der Waals surface area contributed by atoms with Crippen molar-refractivity contribution < 1.29 is 9.84 Å². The van der Waals surface area contributed by atoms with Gasteiger partial charge in [0.2, 0.25) is 0 Å². The molecule has 1 saturated heterocycles. The minimum absolute atomic E-state index is 0.0117. The van der Waals surface area contributed by atoms with Gasteiger partial charge in [0.25, 0.3) is 0 Å². The molecule has 0 saturated carbocycles. The van der Waals surface area contributed by atoms with Crippen molar-refractivity contribution in [3.05, 3.63) is 29.3 Å². The van der Waals surface area contributed by atoms with Gasteiger partial charge in [0.05, 0.1) is 25.0 Å². The highest BCUT2D eigenvalue weighted by atomic mass is 16.5. The molecule has 1 fully saturated rings. The first-order valence-corrected chi connectivity index (χ1v) is 6.05. The number of morpholine rings is 1. The quantitative estimate of drug-likeness (QED) is 0.537. The number of rotatable bonds is 3. The molecule has 1 aliphatic rings. The number of aryl methyl sites for hydroxylation is 1. The number of anilines is 1. The third kappa shape index (κ3) is 2.47. The van der Waals surface area contributed by atoms with Crippen LogP contribution in [-0.4, -0.2) is 43.3 Å². The minimum Gasteiger partial charge on any atom is -0.394 e. The number of benzene rings is 1. The minimum atomic E-state index is -0.168. The Bertz CT molecular complexity index is 448. The standard InChI is InChI=1S/C13H19N3O2/c1-9-3-2-4-11(13(14)15)12(9)16-5-6-18-10(7-16)8-17/h2-4,10,17H,5-8H2,1H3,(H3,14,15).